The van der Waals surface area contributed by atoms with E-state index >= 15 is 0 Å². The summed E-state index contributed by atoms with van der Waals surface area (Å²) < 4.78 is 1.90. The number of nitrogen functional groups attached to an aromatic ring is 1. The lowest BCUT2D eigenvalue weighted by Crippen LogP contribution is -2.33. The molecule has 1 saturated carbocycles. The minimum atomic E-state index is 0.413. The fourth-order valence-electron chi connectivity index (χ4n) is 2.32. The predicted octanol–water partition coefficient (Wildman–Crippen LogP) is 1.91. The van der Waals surface area contributed by atoms with Gasteiger partial charge in [0, 0.05) is 18.9 Å². The molecular weight excluding hydrogens is 214 g/mol. The monoisotopic (exact) mass is 231 g/mol. The summed E-state index contributed by atoms with van der Waals surface area (Å²) in [4.78, 5) is 8.61. The van der Waals surface area contributed by atoms with Crippen LogP contribution in [0.15, 0.2) is 18.6 Å². The zero-order valence-electron chi connectivity index (χ0n) is 9.98. The first-order chi connectivity index (χ1) is 8.16. The van der Waals surface area contributed by atoms with Gasteiger partial charge in [-0.15, -0.1) is 0 Å². The Morgan fingerprint density at radius 3 is 3.06 bits per heavy atom. The lowest BCUT2D eigenvalue weighted by Gasteiger charge is -2.38. The van der Waals surface area contributed by atoms with Gasteiger partial charge in [0.2, 0.25) is 0 Å². The smallest absolute Gasteiger partial charge is 0.180 e. The standard InChI is InChI=1S/C12H17N5/c1-12(3-2-4-12)8-15-10-11-14-5-6-17(11)7-9(13)16-10/h5-7H,2-4,8,13H2,1H3,(H,15,16). The summed E-state index contributed by atoms with van der Waals surface area (Å²) in [5.41, 5.74) is 7.02. The Bertz CT molecular complexity index is 541. The Morgan fingerprint density at radius 1 is 1.53 bits per heavy atom. The first kappa shape index (κ1) is 10.4. The van der Waals surface area contributed by atoms with Gasteiger partial charge < -0.3 is 15.5 Å². The van der Waals surface area contributed by atoms with Gasteiger partial charge in [-0.2, -0.15) is 0 Å². The molecule has 2 heterocycles. The fourth-order valence-corrected chi connectivity index (χ4v) is 2.32. The van der Waals surface area contributed by atoms with Crippen molar-refractivity contribution in [1.29, 1.82) is 0 Å². The summed E-state index contributed by atoms with van der Waals surface area (Å²) in [6.45, 7) is 3.24. The van der Waals surface area contributed by atoms with Gasteiger partial charge in [-0.3, -0.25) is 0 Å². The first-order valence-corrected chi connectivity index (χ1v) is 5.99. The maximum atomic E-state index is 5.77. The average molecular weight is 231 g/mol. The highest BCUT2D eigenvalue weighted by atomic mass is 15.1. The molecule has 0 spiro atoms. The first-order valence-electron chi connectivity index (χ1n) is 5.99. The molecule has 0 atom stereocenters. The molecule has 0 radical (unpaired) electrons. The minimum absolute atomic E-state index is 0.413. The van der Waals surface area contributed by atoms with E-state index < -0.39 is 0 Å². The highest BCUT2D eigenvalue weighted by Gasteiger charge is 2.31. The molecule has 3 N–H and O–H groups in total. The Hall–Kier alpha value is -1.78. The molecule has 0 bridgehead atoms. The van der Waals surface area contributed by atoms with Crippen molar-refractivity contribution >= 4 is 17.3 Å². The van der Waals surface area contributed by atoms with E-state index in [1.54, 1.807) is 12.4 Å². The maximum absolute atomic E-state index is 5.77. The highest BCUT2D eigenvalue weighted by Crippen LogP contribution is 2.40. The van der Waals surface area contributed by atoms with E-state index in [0.717, 1.165) is 18.0 Å². The SMILES string of the molecule is CC1(CNc2nc(N)cn3ccnc23)CCC1. The molecule has 0 aromatic carbocycles. The van der Waals surface area contributed by atoms with E-state index in [-0.39, 0.29) is 0 Å². The second kappa shape index (κ2) is 3.61. The van der Waals surface area contributed by atoms with Gasteiger partial charge in [-0.1, -0.05) is 13.3 Å². The molecule has 1 aliphatic rings. The Labute approximate surface area is 100 Å². The van der Waals surface area contributed by atoms with Crippen LogP contribution in [0.3, 0.4) is 0 Å². The average Bonchev–Trinajstić information content (AvgIpc) is 2.71. The molecule has 90 valence electrons. The largest absolute Gasteiger partial charge is 0.382 e. The number of fused-ring (bicyclic) bond motifs is 1. The number of rotatable bonds is 3. The summed E-state index contributed by atoms with van der Waals surface area (Å²) in [6.07, 6.45) is 9.32. The van der Waals surface area contributed by atoms with E-state index in [0.29, 0.717) is 11.2 Å². The third-order valence-corrected chi connectivity index (χ3v) is 3.64. The van der Waals surface area contributed by atoms with Crippen LogP contribution in [0.1, 0.15) is 26.2 Å². The number of nitrogens with zero attached hydrogens (tertiary/aromatic N) is 3. The van der Waals surface area contributed by atoms with Crippen molar-refractivity contribution in [3.63, 3.8) is 0 Å². The molecule has 0 amide bonds. The summed E-state index contributed by atoms with van der Waals surface area (Å²) >= 11 is 0. The van der Waals surface area contributed by atoms with Crippen molar-refractivity contribution in [2.75, 3.05) is 17.6 Å². The van der Waals surface area contributed by atoms with Crippen LogP contribution in [0.4, 0.5) is 11.6 Å². The van der Waals surface area contributed by atoms with Gasteiger partial charge in [0.1, 0.15) is 5.82 Å². The molecular formula is C12H17N5. The molecule has 17 heavy (non-hydrogen) atoms. The molecule has 0 aliphatic heterocycles. The highest BCUT2D eigenvalue weighted by molar-refractivity contribution is 5.64. The zero-order valence-corrected chi connectivity index (χ0v) is 9.98. The Morgan fingerprint density at radius 2 is 2.35 bits per heavy atom. The van der Waals surface area contributed by atoms with Crippen LogP contribution in [0.25, 0.3) is 5.65 Å². The predicted molar refractivity (Wildman–Crippen MR) is 67.8 cm³/mol. The van der Waals surface area contributed by atoms with Gasteiger partial charge >= 0.3 is 0 Å². The van der Waals surface area contributed by atoms with Gasteiger partial charge in [-0.25, -0.2) is 9.97 Å². The molecule has 0 saturated heterocycles. The second-order valence-corrected chi connectivity index (χ2v) is 5.19. The van der Waals surface area contributed by atoms with Gasteiger partial charge in [0.05, 0.1) is 6.20 Å². The van der Waals surface area contributed by atoms with E-state index in [1.807, 2.05) is 10.6 Å². The van der Waals surface area contributed by atoms with Crippen molar-refractivity contribution in [2.45, 2.75) is 26.2 Å². The van der Waals surface area contributed by atoms with Gasteiger partial charge in [0.15, 0.2) is 11.5 Å². The second-order valence-electron chi connectivity index (χ2n) is 5.19. The summed E-state index contributed by atoms with van der Waals surface area (Å²) in [5, 5.41) is 3.38. The Kier molecular flexibility index (Phi) is 2.21. The lowest BCUT2D eigenvalue weighted by atomic mass is 9.70. The number of nitrogens with two attached hydrogens (primary N) is 1. The number of nitrogens with one attached hydrogen (secondary N) is 1. The number of imidazole rings is 1. The van der Waals surface area contributed by atoms with Crippen LogP contribution in [-0.4, -0.2) is 20.9 Å². The Balaban J connectivity index is 1.86. The van der Waals surface area contributed by atoms with E-state index in [2.05, 4.69) is 22.2 Å². The molecule has 0 unspecified atom stereocenters. The van der Waals surface area contributed by atoms with E-state index in [4.69, 9.17) is 5.73 Å². The number of anilines is 2. The normalized spacial score (nSPS) is 17.9. The maximum Gasteiger partial charge on any atom is 0.180 e. The molecule has 5 nitrogen and oxygen atoms in total. The van der Waals surface area contributed by atoms with Crippen molar-refractivity contribution < 1.29 is 0 Å². The van der Waals surface area contributed by atoms with Crippen molar-refractivity contribution in [2.24, 2.45) is 5.41 Å². The van der Waals surface area contributed by atoms with Crippen molar-refractivity contribution in [3.8, 4) is 0 Å². The molecule has 1 fully saturated rings. The summed E-state index contributed by atoms with van der Waals surface area (Å²) in [6, 6.07) is 0. The number of aromatic nitrogens is 3. The van der Waals surface area contributed by atoms with Crippen LogP contribution in [-0.2, 0) is 0 Å². The van der Waals surface area contributed by atoms with Crippen LogP contribution >= 0.6 is 0 Å². The molecule has 3 rings (SSSR count). The molecule has 5 heteroatoms. The van der Waals surface area contributed by atoms with Crippen LogP contribution < -0.4 is 11.1 Å². The van der Waals surface area contributed by atoms with Crippen LogP contribution in [0.2, 0.25) is 0 Å². The van der Waals surface area contributed by atoms with Gasteiger partial charge in [0.25, 0.3) is 0 Å². The minimum Gasteiger partial charge on any atom is -0.382 e. The number of hydrogen-bond acceptors (Lipinski definition) is 4. The summed E-state index contributed by atoms with van der Waals surface area (Å²) in [5.74, 6) is 1.29. The molecule has 2 aromatic heterocycles. The summed E-state index contributed by atoms with van der Waals surface area (Å²) in [7, 11) is 0. The molecule has 1 aliphatic carbocycles. The van der Waals surface area contributed by atoms with Crippen molar-refractivity contribution in [3.05, 3.63) is 18.6 Å². The number of hydrogen-bond donors (Lipinski definition) is 2. The van der Waals surface area contributed by atoms with E-state index in [9.17, 15) is 0 Å². The third kappa shape index (κ3) is 1.81. The van der Waals surface area contributed by atoms with Crippen LogP contribution in [0.5, 0.6) is 0 Å². The fraction of sp³-hybridized carbons (Fsp3) is 0.500. The zero-order chi connectivity index (χ0) is 11.9. The lowest BCUT2D eigenvalue weighted by molar-refractivity contribution is 0.180. The van der Waals surface area contributed by atoms with E-state index in [1.165, 1.54) is 19.3 Å². The topological polar surface area (TPSA) is 68.2 Å². The third-order valence-electron chi connectivity index (χ3n) is 3.64. The molecule has 2 aromatic rings. The van der Waals surface area contributed by atoms with Crippen molar-refractivity contribution in [1.82, 2.24) is 14.4 Å². The van der Waals surface area contributed by atoms with Crippen LogP contribution in [0, 0.1) is 5.41 Å². The quantitative estimate of drug-likeness (QED) is 0.846. The van der Waals surface area contributed by atoms with Gasteiger partial charge in [-0.05, 0) is 18.3 Å².